The maximum atomic E-state index is 11.2. The maximum absolute atomic E-state index is 11.2. The Bertz CT molecular complexity index is 232. The number of amides is 1. The van der Waals surface area contributed by atoms with Gasteiger partial charge < -0.3 is 15.2 Å². The van der Waals surface area contributed by atoms with Gasteiger partial charge >= 0.3 is 5.97 Å². The highest BCUT2D eigenvalue weighted by molar-refractivity contribution is 5.88. The molecular weight excluding hydrogens is 174 g/mol. The number of hydrogen-bond acceptors (Lipinski definition) is 4. The largest absolute Gasteiger partial charge is 0.467 e. The van der Waals surface area contributed by atoms with E-state index in [0.29, 0.717) is 0 Å². The third kappa shape index (κ3) is 1.80. The lowest BCUT2D eigenvalue weighted by molar-refractivity contribution is -0.160. The number of carbonyl (C=O) groups is 2. The molecule has 1 fully saturated rings. The van der Waals surface area contributed by atoms with Crippen LogP contribution in [-0.2, 0) is 14.3 Å². The number of methoxy groups -OCH3 is 1. The summed E-state index contributed by atoms with van der Waals surface area (Å²) in [5.41, 5.74) is -0.986. The van der Waals surface area contributed by atoms with Crippen LogP contribution in [0.25, 0.3) is 0 Å². The summed E-state index contributed by atoms with van der Waals surface area (Å²) in [6.45, 7) is 1.33. The van der Waals surface area contributed by atoms with Gasteiger partial charge in [0, 0.05) is 19.8 Å². The predicted molar refractivity (Wildman–Crippen MR) is 43.8 cm³/mol. The molecule has 0 aliphatic heterocycles. The van der Waals surface area contributed by atoms with Gasteiger partial charge in [0.15, 0.2) is 0 Å². The van der Waals surface area contributed by atoms with Crippen molar-refractivity contribution in [2.24, 2.45) is 0 Å². The molecule has 0 aromatic carbocycles. The van der Waals surface area contributed by atoms with E-state index in [4.69, 9.17) is 5.11 Å². The Hall–Kier alpha value is -1.10. The molecule has 0 saturated heterocycles. The number of ether oxygens (including phenoxy) is 1. The lowest BCUT2D eigenvalue weighted by Gasteiger charge is -2.42. The molecule has 1 amide bonds. The van der Waals surface area contributed by atoms with Gasteiger partial charge in [0.1, 0.15) is 5.54 Å². The van der Waals surface area contributed by atoms with Crippen LogP contribution in [0.15, 0.2) is 0 Å². The van der Waals surface area contributed by atoms with E-state index < -0.39 is 17.6 Å². The average molecular weight is 187 g/mol. The Kier molecular flexibility index (Phi) is 2.56. The van der Waals surface area contributed by atoms with Crippen molar-refractivity contribution >= 4 is 11.9 Å². The second kappa shape index (κ2) is 3.33. The van der Waals surface area contributed by atoms with Crippen LogP contribution in [0.4, 0.5) is 0 Å². The van der Waals surface area contributed by atoms with Gasteiger partial charge in [-0.15, -0.1) is 0 Å². The van der Waals surface area contributed by atoms with Crippen molar-refractivity contribution in [3.63, 3.8) is 0 Å². The SMILES string of the molecule is COC(=O)[C@]1(NC(C)=O)C[C@@H](O)C1. The fourth-order valence-electron chi connectivity index (χ4n) is 1.60. The molecule has 0 aromatic heterocycles. The van der Waals surface area contributed by atoms with Crippen molar-refractivity contribution in [3.05, 3.63) is 0 Å². The van der Waals surface area contributed by atoms with Gasteiger partial charge in [-0.3, -0.25) is 4.79 Å². The smallest absolute Gasteiger partial charge is 0.331 e. The normalized spacial score (nSPS) is 31.8. The van der Waals surface area contributed by atoms with E-state index in [-0.39, 0.29) is 18.7 Å². The van der Waals surface area contributed by atoms with Crippen molar-refractivity contribution in [2.45, 2.75) is 31.4 Å². The van der Waals surface area contributed by atoms with E-state index >= 15 is 0 Å². The van der Waals surface area contributed by atoms with Crippen molar-refractivity contribution < 1.29 is 19.4 Å². The quantitative estimate of drug-likeness (QED) is 0.554. The molecule has 5 nitrogen and oxygen atoms in total. The lowest BCUT2D eigenvalue weighted by atomic mass is 9.74. The third-order valence-corrected chi connectivity index (χ3v) is 2.16. The van der Waals surface area contributed by atoms with Gasteiger partial charge in [-0.25, -0.2) is 4.79 Å². The Morgan fingerprint density at radius 3 is 2.38 bits per heavy atom. The minimum absolute atomic E-state index is 0.235. The van der Waals surface area contributed by atoms with Crippen molar-refractivity contribution in [2.75, 3.05) is 7.11 Å². The van der Waals surface area contributed by atoms with E-state index in [1.165, 1.54) is 14.0 Å². The molecule has 0 radical (unpaired) electrons. The molecule has 1 rings (SSSR count). The van der Waals surface area contributed by atoms with Gasteiger partial charge in [-0.1, -0.05) is 0 Å². The number of hydrogen-bond donors (Lipinski definition) is 2. The van der Waals surface area contributed by atoms with Crippen molar-refractivity contribution in [1.29, 1.82) is 0 Å². The van der Waals surface area contributed by atoms with Crippen LogP contribution >= 0.6 is 0 Å². The zero-order valence-electron chi connectivity index (χ0n) is 7.66. The Morgan fingerprint density at radius 1 is 1.54 bits per heavy atom. The summed E-state index contributed by atoms with van der Waals surface area (Å²) in [4.78, 5) is 22.0. The fraction of sp³-hybridized carbons (Fsp3) is 0.750. The zero-order chi connectivity index (χ0) is 10.1. The molecule has 13 heavy (non-hydrogen) atoms. The van der Waals surface area contributed by atoms with Crippen molar-refractivity contribution in [1.82, 2.24) is 5.32 Å². The first-order chi connectivity index (χ1) is 6.00. The molecule has 5 heteroatoms. The number of rotatable bonds is 2. The molecule has 0 bridgehead atoms. The van der Waals surface area contributed by atoms with Gasteiger partial charge in [-0.05, 0) is 0 Å². The highest BCUT2D eigenvalue weighted by atomic mass is 16.5. The molecule has 1 saturated carbocycles. The van der Waals surface area contributed by atoms with Crippen LogP contribution in [-0.4, -0.2) is 35.7 Å². The van der Waals surface area contributed by atoms with E-state index in [1.807, 2.05) is 0 Å². The number of carbonyl (C=O) groups excluding carboxylic acids is 2. The zero-order valence-corrected chi connectivity index (χ0v) is 7.66. The summed E-state index contributed by atoms with van der Waals surface area (Å²) in [5, 5.41) is 11.6. The molecule has 2 N–H and O–H groups in total. The maximum Gasteiger partial charge on any atom is 0.331 e. The Balaban J connectivity index is 2.66. The van der Waals surface area contributed by atoms with Crippen LogP contribution in [0.2, 0.25) is 0 Å². The highest BCUT2D eigenvalue weighted by Gasteiger charge is 2.51. The second-order valence-electron chi connectivity index (χ2n) is 3.32. The summed E-state index contributed by atoms with van der Waals surface area (Å²) in [5.74, 6) is -0.787. The first kappa shape index (κ1) is 9.98. The van der Waals surface area contributed by atoms with E-state index in [0.717, 1.165) is 0 Å². The fourth-order valence-corrected chi connectivity index (χ4v) is 1.60. The van der Waals surface area contributed by atoms with Gasteiger partial charge in [0.05, 0.1) is 13.2 Å². The molecule has 0 spiro atoms. The minimum atomic E-state index is -0.986. The first-order valence-corrected chi connectivity index (χ1v) is 4.05. The number of aliphatic hydroxyl groups excluding tert-OH is 1. The number of esters is 1. The van der Waals surface area contributed by atoms with Crippen LogP contribution in [0.1, 0.15) is 19.8 Å². The monoisotopic (exact) mass is 187 g/mol. The van der Waals surface area contributed by atoms with E-state index in [2.05, 4.69) is 10.1 Å². The molecular formula is C8H13NO4. The predicted octanol–water partition coefficient (Wildman–Crippen LogP) is -0.811. The summed E-state index contributed by atoms with van der Waals surface area (Å²) in [7, 11) is 1.26. The van der Waals surface area contributed by atoms with Crippen LogP contribution in [0, 0.1) is 0 Å². The van der Waals surface area contributed by atoms with E-state index in [9.17, 15) is 9.59 Å². The Labute approximate surface area is 76.1 Å². The molecule has 1 aliphatic rings. The van der Waals surface area contributed by atoms with Gasteiger partial charge in [-0.2, -0.15) is 0 Å². The third-order valence-electron chi connectivity index (χ3n) is 2.16. The first-order valence-electron chi connectivity index (χ1n) is 4.05. The van der Waals surface area contributed by atoms with Gasteiger partial charge in [0.25, 0.3) is 0 Å². The summed E-state index contributed by atoms with van der Waals surface area (Å²) in [6.07, 6.45) is -0.0515. The standard InChI is InChI=1S/C8H13NO4/c1-5(10)9-8(7(12)13-2)3-6(11)4-8/h6,11H,3-4H2,1-2H3,(H,9,10)/t6-,8+. The second-order valence-corrected chi connectivity index (χ2v) is 3.32. The summed E-state index contributed by atoms with van der Waals surface area (Å²) < 4.78 is 4.54. The molecule has 0 atom stereocenters. The van der Waals surface area contributed by atoms with Crippen LogP contribution < -0.4 is 5.32 Å². The summed E-state index contributed by atoms with van der Waals surface area (Å²) in [6, 6.07) is 0. The van der Waals surface area contributed by atoms with Crippen molar-refractivity contribution in [3.8, 4) is 0 Å². The van der Waals surface area contributed by atoms with Gasteiger partial charge in [0.2, 0.25) is 5.91 Å². The summed E-state index contributed by atoms with van der Waals surface area (Å²) >= 11 is 0. The molecule has 0 aromatic rings. The van der Waals surface area contributed by atoms with Crippen LogP contribution in [0.3, 0.4) is 0 Å². The molecule has 0 heterocycles. The minimum Gasteiger partial charge on any atom is -0.467 e. The van der Waals surface area contributed by atoms with Crippen LogP contribution in [0.5, 0.6) is 0 Å². The highest BCUT2D eigenvalue weighted by Crippen LogP contribution is 2.33. The average Bonchev–Trinajstić information content (AvgIpc) is 1.98. The lowest BCUT2D eigenvalue weighted by Crippen LogP contribution is -2.64. The number of aliphatic hydroxyl groups is 1. The molecule has 1 aliphatic carbocycles. The topological polar surface area (TPSA) is 75.6 Å². The molecule has 0 unspecified atom stereocenters. The molecule has 74 valence electrons. The van der Waals surface area contributed by atoms with E-state index in [1.54, 1.807) is 0 Å². The Morgan fingerprint density at radius 2 is 2.08 bits per heavy atom. The number of nitrogens with one attached hydrogen (secondary N) is 1.